The Morgan fingerprint density at radius 3 is 2.50 bits per heavy atom. The smallest absolute Gasteiger partial charge is 0.105 e. The first-order valence-corrected chi connectivity index (χ1v) is 5.53. The van der Waals surface area contributed by atoms with Crippen LogP contribution in [0, 0.1) is 5.92 Å². The van der Waals surface area contributed by atoms with Crippen LogP contribution in [-0.2, 0) is 0 Å². The predicted octanol–water partition coefficient (Wildman–Crippen LogP) is 1.78. The number of rotatable bonds is 1. The van der Waals surface area contributed by atoms with Crippen molar-refractivity contribution in [3.63, 3.8) is 0 Å². The fraction of sp³-hybridized carbons (Fsp3) is 0.667. The Morgan fingerprint density at radius 2 is 1.79 bits per heavy atom. The van der Waals surface area contributed by atoms with Gasteiger partial charge in [-0.1, -0.05) is 37.5 Å². The molecule has 0 aromatic carbocycles. The molecule has 0 radical (unpaired) electrons. The molecule has 2 atom stereocenters. The van der Waals surface area contributed by atoms with E-state index in [2.05, 4.69) is 0 Å². The van der Waals surface area contributed by atoms with Crippen LogP contribution in [0.5, 0.6) is 0 Å². The maximum atomic E-state index is 9.82. The lowest BCUT2D eigenvalue weighted by atomic mass is 9.79. The second kappa shape index (κ2) is 4.28. The molecule has 1 fully saturated rings. The molecule has 2 N–H and O–H groups in total. The van der Waals surface area contributed by atoms with E-state index in [9.17, 15) is 10.2 Å². The highest BCUT2D eigenvalue weighted by atomic mass is 16.3. The van der Waals surface area contributed by atoms with Gasteiger partial charge < -0.3 is 10.2 Å². The molecule has 2 unspecified atom stereocenters. The van der Waals surface area contributed by atoms with Crippen LogP contribution in [0.3, 0.4) is 0 Å². The van der Waals surface area contributed by atoms with Crippen molar-refractivity contribution in [2.24, 2.45) is 5.92 Å². The molecule has 0 aromatic rings. The van der Waals surface area contributed by atoms with E-state index in [4.69, 9.17) is 0 Å². The maximum absolute atomic E-state index is 9.82. The molecule has 0 saturated heterocycles. The lowest BCUT2D eigenvalue weighted by Crippen LogP contribution is -2.31. The molecule has 2 aliphatic carbocycles. The molecular formula is C12H18O2. The lowest BCUT2D eigenvalue weighted by molar-refractivity contribution is 0.0621. The molecule has 0 amide bonds. The Morgan fingerprint density at radius 1 is 1.07 bits per heavy atom. The van der Waals surface area contributed by atoms with Gasteiger partial charge in [-0.05, 0) is 24.3 Å². The van der Waals surface area contributed by atoms with Crippen LogP contribution in [0.2, 0.25) is 0 Å². The summed E-state index contributed by atoms with van der Waals surface area (Å²) < 4.78 is 0. The predicted molar refractivity (Wildman–Crippen MR) is 55.8 cm³/mol. The number of aliphatic hydroxyl groups is 2. The first-order chi connectivity index (χ1) is 6.79. The van der Waals surface area contributed by atoms with Gasteiger partial charge in [0.1, 0.15) is 12.2 Å². The van der Waals surface area contributed by atoms with Gasteiger partial charge in [-0.25, -0.2) is 0 Å². The van der Waals surface area contributed by atoms with Crippen molar-refractivity contribution in [2.45, 2.75) is 44.3 Å². The van der Waals surface area contributed by atoms with Crippen molar-refractivity contribution in [1.29, 1.82) is 0 Å². The first kappa shape index (κ1) is 9.94. The Labute approximate surface area is 85.0 Å². The van der Waals surface area contributed by atoms with Gasteiger partial charge in [0.2, 0.25) is 0 Å². The molecule has 14 heavy (non-hydrogen) atoms. The van der Waals surface area contributed by atoms with Gasteiger partial charge >= 0.3 is 0 Å². The SMILES string of the molecule is OC1C=CC=C(C2CCCCC2)C1O. The summed E-state index contributed by atoms with van der Waals surface area (Å²) >= 11 is 0. The second-order valence-electron chi connectivity index (χ2n) is 4.32. The molecule has 0 aliphatic heterocycles. The summed E-state index contributed by atoms with van der Waals surface area (Å²) in [4.78, 5) is 0. The summed E-state index contributed by atoms with van der Waals surface area (Å²) in [5.41, 5.74) is 1.04. The largest absolute Gasteiger partial charge is 0.386 e. The van der Waals surface area contributed by atoms with E-state index >= 15 is 0 Å². The van der Waals surface area contributed by atoms with E-state index in [-0.39, 0.29) is 0 Å². The normalized spacial score (nSPS) is 34.3. The fourth-order valence-electron chi connectivity index (χ4n) is 2.50. The Kier molecular flexibility index (Phi) is 3.04. The van der Waals surface area contributed by atoms with Gasteiger partial charge in [0.05, 0.1) is 0 Å². The Balaban J connectivity index is 2.08. The molecule has 0 bridgehead atoms. The van der Waals surface area contributed by atoms with Crippen molar-refractivity contribution < 1.29 is 10.2 Å². The van der Waals surface area contributed by atoms with Gasteiger partial charge in [0.25, 0.3) is 0 Å². The standard InChI is InChI=1S/C12H18O2/c13-11-8-4-7-10(12(11)14)9-5-2-1-3-6-9/h4,7-9,11-14H,1-3,5-6H2. The van der Waals surface area contributed by atoms with Crippen molar-refractivity contribution in [1.82, 2.24) is 0 Å². The second-order valence-corrected chi connectivity index (χ2v) is 4.32. The van der Waals surface area contributed by atoms with Crippen LogP contribution < -0.4 is 0 Å². The first-order valence-electron chi connectivity index (χ1n) is 5.53. The molecule has 2 nitrogen and oxygen atoms in total. The minimum Gasteiger partial charge on any atom is -0.386 e. The number of allylic oxidation sites excluding steroid dienone is 2. The quantitative estimate of drug-likeness (QED) is 0.668. The van der Waals surface area contributed by atoms with Crippen molar-refractivity contribution >= 4 is 0 Å². The monoisotopic (exact) mass is 194 g/mol. The third kappa shape index (κ3) is 1.91. The van der Waals surface area contributed by atoms with Gasteiger partial charge in [-0.15, -0.1) is 0 Å². The highest BCUT2D eigenvalue weighted by Crippen LogP contribution is 2.33. The number of aliphatic hydroxyl groups excluding tert-OH is 2. The van der Waals surface area contributed by atoms with E-state index in [1.165, 1.54) is 32.1 Å². The van der Waals surface area contributed by atoms with Gasteiger partial charge in [-0.2, -0.15) is 0 Å². The molecule has 1 saturated carbocycles. The van der Waals surface area contributed by atoms with Crippen LogP contribution >= 0.6 is 0 Å². The summed E-state index contributed by atoms with van der Waals surface area (Å²) in [5, 5.41) is 19.3. The highest BCUT2D eigenvalue weighted by Gasteiger charge is 2.27. The highest BCUT2D eigenvalue weighted by molar-refractivity contribution is 5.27. The van der Waals surface area contributed by atoms with Crippen molar-refractivity contribution in [2.75, 3.05) is 0 Å². The van der Waals surface area contributed by atoms with Crippen molar-refractivity contribution in [3.8, 4) is 0 Å². The van der Waals surface area contributed by atoms with E-state index < -0.39 is 12.2 Å². The molecule has 0 heterocycles. The van der Waals surface area contributed by atoms with E-state index in [0.29, 0.717) is 5.92 Å². The number of hydrogen-bond donors (Lipinski definition) is 2. The van der Waals surface area contributed by atoms with Crippen LogP contribution in [0.15, 0.2) is 23.8 Å². The third-order valence-electron chi connectivity index (χ3n) is 3.34. The van der Waals surface area contributed by atoms with Crippen LogP contribution in [0.1, 0.15) is 32.1 Å². The van der Waals surface area contributed by atoms with Crippen LogP contribution in [0.4, 0.5) is 0 Å². The summed E-state index contributed by atoms with van der Waals surface area (Å²) in [5.74, 6) is 0.498. The minimum atomic E-state index is -0.697. The summed E-state index contributed by atoms with van der Waals surface area (Å²) in [6.45, 7) is 0. The zero-order valence-electron chi connectivity index (χ0n) is 8.39. The molecule has 0 spiro atoms. The molecular weight excluding hydrogens is 176 g/mol. The summed E-state index contributed by atoms with van der Waals surface area (Å²) in [6, 6.07) is 0. The van der Waals surface area contributed by atoms with E-state index in [1.54, 1.807) is 6.08 Å². The average Bonchev–Trinajstić information content (AvgIpc) is 2.23. The maximum Gasteiger partial charge on any atom is 0.105 e. The zero-order valence-corrected chi connectivity index (χ0v) is 8.39. The average molecular weight is 194 g/mol. The molecule has 2 aliphatic rings. The zero-order chi connectivity index (χ0) is 9.97. The number of hydrogen-bond acceptors (Lipinski definition) is 2. The minimum absolute atomic E-state index is 0.498. The summed E-state index contributed by atoms with van der Waals surface area (Å²) in [7, 11) is 0. The topological polar surface area (TPSA) is 40.5 Å². The molecule has 0 aromatic heterocycles. The van der Waals surface area contributed by atoms with Gasteiger partial charge in [0.15, 0.2) is 0 Å². The Bertz CT molecular complexity index is 249. The molecule has 2 rings (SSSR count). The van der Waals surface area contributed by atoms with Gasteiger partial charge in [-0.3, -0.25) is 0 Å². The Hall–Kier alpha value is -0.600. The molecule has 2 heteroatoms. The molecule has 78 valence electrons. The fourth-order valence-corrected chi connectivity index (χ4v) is 2.50. The lowest BCUT2D eigenvalue weighted by Gasteiger charge is -2.30. The van der Waals surface area contributed by atoms with Crippen molar-refractivity contribution in [3.05, 3.63) is 23.8 Å². The van der Waals surface area contributed by atoms with E-state index in [1.807, 2.05) is 12.2 Å². The van der Waals surface area contributed by atoms with E-state index in [0.717, 1.165) is 5.57 Å². The third-order valence-corrected chi connectivity index (χ3v) is 3.34. The van der Waals surface area contributed by atoms with Crippen LogP contribution in [-0.4, -0.2) is 22.4 Å². The summed E-state index contributed by atoms with van der Waals surface area (Å²) in [6.07, 6.45) is 10.3. The van der Waals surface area contributed by atoms with Gasteiger partial charge in [0, 0.05) is 0 Å². The van der Waals surface area contributed by atoms with Crippen LogP contribution in [0.25, 0.3) is 0 Å².